The van der Waals surface area contributed by atoms with Crippen molar-refractivity contribution in [2.24, 2.45) is 5.92 Å². The lowest BCUT2D eigenvalue weighted by Crippen LogP contribution is -2.49. The molecule has 0 radical (unpaired) electrons. The van der Waals surface area contributed by atoms with Gasteiger partial charge in [-0.05, 0) is 50.0 Å². The first kappa shape index (κ1) is 16.3. The van der Waals surface area contributed by atoms with Crippen molar-refractivity contribution in [3.8, 4) is 0 Å². The Morgan fingerprint density at radius 1 is 1.26 bits per heavy atom. The molecule has 1 aromatic rings. The van der Waals surface area contributed by atoms with Crippen molar-refractivity contribution < 1.29 is 9.72 Å². The van der Waals surface area contributed by atoms with Crippen LogP contribution in [0.5, 0.6) is 0 Å². The predicted octanol–water partition coefficient (Wildman–Crippen LogP) is 4.11. The summed E-state index contributed by atoms with van der Waals surface area (Å²) in [6, 6.07) is 5.11. The zero-order chi connectivity index (χ0) is 16.4. The number of benzene rings is 1. The normalized spacial score (nSPS) is 24.1. The van der Waals surface area contributed by atoms with Crippen molar-refractivity contribution in [3.05, 3.63) is 33.9 Å². The van der Waals surface area contributed by atoms with E-state index in [0.717, 1.165) is 30.7 Å². The van der Waals surface area contributed by atoms with E-state index in [1.54, 1.807) is 12.1 Å². The summed E-state index contributed by atoms with van der Waals surface area (Å²) in [7, 11) is 0. The summed E-state index contributed by atoms with van der Waals surface area (Å²) in [4.78, 5) is 26.7. The van der Waals surface area contributed by atoms with E-state index in [1.807, 2.05) is 11.2 Å². The van der Waals surface area contributed by atoms with Crippen LogP contribution in [0, 0.1) is 16.0 Å². The standard InChI is InChI=1S/C17H22N2O3S/c1-23-13-8-9-16(19(21)22)14(11-13)17(20)18-10-4-6-12-5-2-3-7-15(12)18/h8-9,11-12,15H,2-7,10H2,1H3. The van der Waals surface area contributed by atoms with E-state index in [1.165, 1.54) is 37.1 Å². The number of nitro benzene ring substituents is 1. The maximum Gasteiger partial charge on any atom is 0.282 e. The molecule has 5 nitrogen and oxygen atoms in total. The van der Waals surface area contributed by atoms with Crippen molar-refractivity contribution >= 4 is 23.4 Å². The van der Waals surface area contributed by atoms with Crippen LogP contribution in [-0.4, -0.2) is 34.6 Å². The molecule has 1 saturated carbocycles. The molecule has 1 aromatic carbocycles. The quantitative estimate of drug-likeness (QED) is 0.474. The fourth-order valence-corrected chi connectivity index (χ4v) is 4.44. The van der Waals surface area contributed by atoms with Gasteiger partial charge in [-0.1, -0.05) is 12.8 Å². The van der Waals surface area contributed by atoms with E-state index in [2.05, 4.69) is 0 Å². The van der Waals surface area contributed by atoms with Gasteiger partial charge in [-0.2, -0.15) is 0 Å². The molecule has 0 aromatic heterocycles. The van der Waals surface area contributed by atoms with Crippen LogP contribution in [-0.2, 0) is 0 Å². The lowest BCUT2D eigenvalue weighted by molar-refractivity contribution is -0.385. The second-order valence-corrected chi connectivity index (χ2v) is 7.27. The summed E-state index contributed by atoms with van der Waals surface area (Å²) >= 11 is 1.50. The average molecular weight is 334 g/mol. The Balaban J connectivity index is 1.93. The monoisotopic (exact) mass is 334 g/mol. The van der Waals surface area contributed by atoms with Crippen LogP contribution in [0.15, 0.2) is 23.1 Å². The Labute approximate surface area is 140 Å². The first-order valence-electron chi connectivity index (χ1n) is 8.25. The topological polar surface area (TPSA) is 63.5 Å². The van der Waals surface area contributed by atoms with Crippen molar-refractivity contribution in [1.29, 1.82) is 0 Å². The molecule has 1 aliphatic carbocycles. The molecular weight excluding hydrogens is 312 g/mol. The molecule has 1 amide bonds. The number of fused-ring (bicyclic) bond motifs is 1. The van der Waals surface area contributed by atoms with Gasteiger partial charge < -0.3 is 4.90 Å². The molecule has 2 fully saturated rings. The van der Waals surface area contributed by atoms with Crippen LogP contribution < -0.4 is 0 Å². The molecule has 1 aliphatic heterocycles. The van der Waals surface area contributed by atoms with Crippen LogP contribution in [0.25, 0.3) is 0 Å². The summed E-state index contributed by atoms with van der Waals surface area (Å²) in [5.74, 6) is 0.411. The van der Waals surface area contributed by atoms with Gasteiger partial charge in [0.05, 0.1) is 4.92 Å². The highest BCUT2D eigenvalue weighted by atomic mass is 32.2. The lowest BCUT2D eigenvalue weighted by Gasteiger charge is -2.44. The van der Waals surface area contributed by atoms with Crippen LogP contribution in [0.3, 0.4) is 0 Å². The van der Waals surface area contributed by atoms with E-state index >= 15 is 0 Å². The summed E-state index contributed by atoms with van der Waals surface area (Å²) in [5, 5.41) is 11.3. The SMILES string of the molecule is CSc1ccc([N+](=O)[O-])c(C(=O)N2CCCC3CCCCC32)c1. The van der Waals surface area contributed by atoms with Crippen molar-refractivity contribution in [2.75, 3.05) is 12.8 Å². The van der Waals surface area contributed by atoms with Crippen molar-refractivity contribution in [2.45, 2.75) is 49.5 Å². The number of rotatable bonds is 3. The second-order valence-electron chi connectivity index (χ2n) is 6.39. The summed E-state index contributed by atoms with van der Waals surface area (Å²) in [5.41, 5.74) is 0.166. The molecule has 2 atom stereocenters. The van der Waals surface area contributed by atoms with Crippen molar-refractivity contribution in [3.63, 3.8) is 0 Å². The molecule has 1 heterocycles. The molecule has 3 rings (SSSR count). The number of piperidine rings is 1. The molecule has 6 heteroatoms. The highest BCUT2D eigenvalue weighted by Crippen LogP contribution is 2.37. The third kappa shape index (κ3) is 3.22. The van der Waals surface area contributed by atoms with Gasteiger partial charge in [-0.15, -0.1) is 11.8 Å². The third-order valence-corrected chi connectivity index (χ3v) is 5.86. The highest BCUT2D eigenvalue weighted by Gasteiger charge is 2.37. The van der Waals surface area contributed by atoms with Crippen LogP contribution >= 0.6 is 11.8 Å². The molecule has 23 heavy (non-hydrogen) atoms. The van der Waals surface area contributed by atoms with Gasteiger partial charge in [0.15, 0.2) is 0 Å². The van der Waals surface area contributed by atoms with Crippen LogP contribution in [0.4, 0.5) is 5.69 Å². The van der Waals surface area contributed by atoms with E-state index in [9.17, 15) is 14.9 Å². The second kappa shape index (κ2) is 6.91. The zero-order valence-electron chi connectivity index (χ0n) is 13.4. The Morgan fingerprint density at radius 3 is 2.74 bits per heavy atom. The van der Waals surface area contributed by atoms with E-state index in [4.69, 9.17) is 0 Å². The number of nitrogens with zero attached hydrogens (tertiary/aromatic N) is 2. The number of nitro groups is 1. The smallest absolute Gasteiger partial charge is 0.282 e. The molecule has 1 saturated heterocycles. The number of thioether (sulfide) groups is 1. The fourth-order valence-electron chi connectivity index (χ4n) is 4.00. The maximum atomic E-state index is 13.1. The third-order valence-electron chi connectivity index (χ3n) is 5.13. The minimum atomic E-state index is -0.445. The summed E-state index contributed by atoms with van der Waals surface area (Å²) in [6.45, 7) is 0.723. The minimum Gasteiger partial charge on any atom is -0.335 e. The minimum absolute atomic E-state index is 0.0780. The van der Waals surface area contributed by atoms with E-state index < -0.39 is 4.92 Å². The van der Waals surface area contributed by atoms with Gasteiger partial charge >= 0.3 is 0 Å². The largest absolute Gasteiger partial charge is 0.335 e. The number of likely N-dealkylation sites (tertiary alicyclic amines) is 1. The zero-order valence-corrected chi connectivity index (χ0v) is 14.2. The molecule has 0 spiro atoms. The van der Waals surface area contributed by atoms with Crippen LogP contribution in [0.2, 0.25) is 0 Å². The molecular formula is C17H22N2O3S. The van der Waals surface area contributed by atoms with Gasteiger partial charge in [-0.25, -0.2) is 0 Å². The first-order valence-corrected chi connectivity index (χ1v) is 9.47. The predicted molar refractivity (Wildman–Crippen MR) is 90.9 cm³/mol. The molecule has 0 bridgehead atoms. The fraction of sp³-hybridized carbons (Fsp3) is 0.588. The number of carbonyl (C=O) groups excluding carboxylic acids is 1. The molecule has 2 unspecified atom stereocenters. The van der Waals surface area contributed by atoms with Gasteiger partial charge in [0, 0.05) is 23.5 Å². The molecule has 2 aliphatic rings. The summed E-state index contributed by atoms with van der Waals surface area (Å²) < 4.78 is 0. The van der Waals surface area contributed by atoms with Crippen molar-refractivity contribution in [1.82, 2.24) is 4.90 Å². The number of hydrogen-bond acceptors (Lipinski definition) is 4. The maximum absolute atomic E-state index is 13.1. The average Bonchev–Trinajstić information content (AvgIpc) is 2.60. The highest BCUT2D eigenvalue weighted by molar-refractivity contribution is 7.98. The number of carbonyl (C=O) groups is 1. The summed E-state index contributed by atoms with van der Waals surface area (Å²) in [6.07, 6.45) is 8.70. The first-order chi connectivity index (χ1) is 11.1. The Morgan fingerprint density at radius 2 is 2.00 bits per heavy atom. The Hall–Kier alpha value is -1.56. The van der Waals surface area contributed by atoms with E-state index in [0.29, 0.717) is 5.92 Å². The molecule has 0 N–H and O–H groups in total. The van der Waals surface area contributed by atoms with Crippen LogP contribution in [0.1, 0.15) is 48.9 Å². The van der Waals surface area contributed by atoms with Gasteiger partial charge in [0.25, 0.3) is 11.6 Å². The van der Waals surface area contributed by atoms with Gasteiger partial charge in [0.1, 0.15) is 5.56 Å². The Kier molecular flexibility index (Phi) is 4.90. The molecule has 124 valence electrons. The van der Waals surface area contributed by atoms with Gasteiger partial charge in [-0.3, -0.25) is 14.9 Å². The van der Waals surface area contributed by atoms with E-state index in [-0.39, 0.29) is 23.2 Å². The number of hydrogen-bond donors (Lipinski definition) is 0. The lowest BCUT2D eigenvalue weighted by atomic mass is 9.78. The van der Waals surface area contributed by atoms with Gasteiger partial charge in [0.2, 0.25) is 0 Å². The Bertz CT molecular complexity index is 618. The number of amides is 1.